The van der Waals surface area contributed by atoms with Gasteiger partial charge in [0.25, 0.3) is 5.91 Å². The summed E-state index contributed by atoms with van der Waals surface area (Å²) in [5.74, 6) is -9.69. The number of likely N-dealkylation sites (N-methyl/N-ethyl adjacent to an activating group) is 1. The molecule has 1 aromatic carbocycles. The van der Waals surface area contributed by atoms with Crippen LogP contribution >= 0.6 is 22.6 Å². The van der Waals surface area contributed by atoms with Crippen LogP contribution in [0, 0.1) is 15.4 Å². The lowest BCUT2D eigenvalue weighted by molar-refractivity contribution is -0.180. The van der Waals surface area contributed by atoms with Gasteiger partial charge in [-0.25, -0.2) is 0 Å². The van der Waals surface area contributed by atoms with Gasteiger partial charge in [0.2, 0.25) is 5.78 Å². The van der Waals surface area contributed by atoms with Crippen molar-refractivity contribution in [3.8, 4) is 5.75 Å². The Balaban J connectivity index is 2.13. The number of aliphatic hydroxyl groups excluding tert-OH is 2. The van der Waals surface area contributed by atoms with Gasteiger partial charge in [0.05, 0.1) is 17.5 Å². The summed E-state index contributed by atoms with van der Waals surface area (Å²) in [6, 6.07) is 1.62. The van der Waals surface area contributed by atoms with Gasteiger partial charge in [0.15, 0.2) is 11.4 Å². The number of aromatic hydroxyl groups is 1. The summed E-state index contributed by atoms with van der Waals surface area (Å²) in [7, 11) is 2.99. The normalized spacial score (nSPS) is 31.2. The zero-order valence-corrected chi connectivity index (χ0v) is 22.6. The molecule has 6 N–H and O–H groups in total. The van der Waals surface area contributed by atoms with E-state index in [2.05, 4.69) is 0 Å². The van der Waals surface area contributed by atoms with Crippen LogP contribution in [0.15, 0.2) is 34.8 Å². The highest BCUT2D eigenvalue weighted by Crippen LogP contribution is 2.56. The lowest BCUT2D eigenvalue weighted by Crippen LogP contribution is -2.69. The SMILES string of the molecule is CCC(=O)O[C@H]1[C@H]2C(=C(O)[C@]3(O)C(=O)C(C(N)=O)=C(O)[C@@H](N(C)C)[C@H]13)C(=O)c1c(O)ccc(I)c1[C@@H]2C. The molecular weight excluding hydrogens is 599 g/mol. The Bertz CT molecular complexity index is 1320. The molecule has 0 bridgehead atoms. The number of ether oxygens (including phenoxy) is 1. The maximum Gasteiger partial charge on any atom is 0.305 e. The van der Waals surface area contributed by atoms with Crippen molar-refractivity contribution in [1.29, 1.82) is 0 Å². The van der Waals surface area contributed by atoms with E-state index in [0.717, 1.165) is 0 Å². The van der Waals surface area contributed by atoms with Crippen molar-refractivity contribution in [3.63, 3.8) is 0 Å². The monoisotopic (exact) mass is 626 g/mol. The summed E-state index contributed by atoms with van der Waals surface area (Å²) in [6.45, 7) is 3.25. The van der Waals surface area contributed by atoms with Gasteiger partial charge >= 0.3 is 5.97 Å². The standard InChI is InChI=1S/C25H27IN2O9/c1-5-11(30)37-21-13-8(2)12-9(26)6-7-10(29)14(12)19(31)15(13)22(33)25(36)17(21)18(28(3)4)20(32)16(23(25)34)24(27)35/h6-8,13,17-18,21,29,32-33,36H,5H2,1-4H3,(H2,27,35)/t8-,13+,17+,18-,21-,25-/m0/s1. The third-order valence-corrected chi connectivity index (χ3v) is 8.53. The smallest absolute Gasteiger partial charge is 0.305 e. The summed E-state index contributed by atoms with van der Waals surface area (Å²) < 4.78 is 6.41. The number of fused-ring (bicyclic) bond motifs is 3. The van der Waals surface area contributed by atoms with Crippen LogP contribution in [0.1, 0.15) is 42.1 Å². The lowest BCUT2D eigenvalue weighted by atomic mass is 9.55. The maximum atomic E-state index is 13.8. The van der Waals surface area contributed by atoms with Gasteiger partial charge in [-0.3, -0.25) is 24.1 Å². The second-order valence-electron chi connectivity index (χ2n) is 9.72. The highest BCUT2D eigenvalue weighted by atomic mass is 127. The summed E-state index contributed by atoms with van der Waals surface area (Å²) in [4.78, 5) is 53.6. The number of Topliss-reactive ketones (excluding diaryl/α,β-unsaturated/α-hetero) is 2. The van der Waals surface area contributed by atoms with Crippen molar-refractivity contribution < 1.29 is 44.3 Å². The topological polar surface area (TPSA) is 188 Å². The first kappa shape index (κ1) is 27.1. The Morgan fingerprint density at radius 2 is 1.81 bits per heavy atom. The van der Waals surface area contributed by atoms with Gasteiger partial charge in [-0.1, -0.05) is 13.8 Å². The first-order valence-electron chi connectivity index (χ1n) is 11.6. The fourth-order valence-corrected chi connectivity index (χ4v) is 6.94. The van der Waals surface area contributed by atoms with Crippen molar-refractivity contribution in [2.75, 3.05) is 14.1 Å². The Morgan fingerprint density at radius 3 is 2.35 bits per heavy atom. The number of esters is 1. The van der Waals surface area contributed by atoms with Crippen LogP contribution in [0.2, 0.25) is 0 Å². The Kier molecular flexibility index (Phi) is 6.66. The van der Waals surface area contributed by atoms with E-state index in [1.54, 1.807) is 13.0 Å². The summed E-state index contributed by atoms with van der Waals surface area (Å²) in [6.07, 6.45) is -1.48. The number of hydrogen-bond donors (Lipinski definition) is 5. The number of carbonyl (C=O) groups is 4. The molecule has 3 aliphatic rings. The van der Waals surface area contributed by atoms with Crippen LogP contribution in [0.3, 0.4) is 0 Å². The number of nitrogens with two attached hydrogens (primary N) is 1. The van der Waals surface area contributed by atoms with Crippen molar-refractivity contribution in [2.45, 2.75) is 43.9 Å². The minimum atomic E-state index is -2.94. The maximum absolute atomic E-state index is 13.8. The molecule has 198 valence electrons. The highest BCUT2D eigenvalue weighted by molar-refractivity contribution is 14.1. The summed E-state index contributed by atoms with van der Waals surface area (Å²) >= 11 is 2.00. The van der Waals surface area contributed by atoms with Gasteiger partial charge < -0.3 is 30.9 Å². The predicted octanol–water partition coefficient (Wildman–Crippen LogP) is 1.22. The number of primary amides is 1. The molecule has 3 aliphatic carbocycles. The van der Waals surface area contributed by atoms with Crippen LogP contribution in [0.25, 0.3) is 0 Å². The third kappa shape index (κ3) is 3.60. The van der Waals surface area contributed by atoms with E-state index in [1.807, 2.05) is 22.6 Å². The summed E-state index contributed by atoms with van der Waals surface area (Å²) in [5, 5.41) is 45.0. The van der Waals surface area contributed by atoms with E-state index >= 15 is 0 Å². The predicted molar refractivity (Wildman–Crippen MR) is 137 cm³/mol. The second-order valence-corrected chi connectivity index (χ2v) is 10.9. The lowest BCUT2D eigenvalue weighted by Gasteiger charge is -2.54. The number of nitrogens with zero attached hydrogens (tertiary/aromatic N) is 1. The Hall–Kier alpha value is -2.97. The number of halogens is 1. The van der Waals surface area contributed by atoms with E-state index in [1.165, 1.54) is 32.0 Å². The molecule has 0 fully saturated rings. The zero-order chi connectivity index (χ0) is 27.7. The van der Waals surface area contributed by atoms with Crippen LogP contribution in [0.4, 0.5) is 0 Å². The Labute approximate surface area is 225 Å². The van der Waals surface area contributed by atoms with Crippen molar-refractivity contribution in [2.24, 2.45) is 17.6 Å². The van der Waals surface area contributed by atoms with E-state index in [4.69, 9.17) is 10.5 Å². The number of phenols is 1. The molecule has 0 radical (unpaired) electrons. The molecule has 6 atom stereocenters. The van der Waals surface area contributed by atoms with Crippen LogP contribution < -0.4 is 5.73 Å². The molecule has 0 spiro atoms. The number of carbonyl (C=O) groups excluding carboxylic acids is 4. The average Bonchev–Trinajstić information content (AvgIpc) is 2.81. The minimum absolute atomic E-state index is 0.0778. The molecule has 1 aromatic rings. The first-order valence-corrected chi connectivity index (χ1v) is 12.6. The third-order valence-electron chi connectivity index (χ3n) is 7.58. The van der Waals surface area contributed by atoms with Crippen molar-refractivity contribution in [1.82, 2.24) is 4.90 Å². The van der Waals surface area contributed by atoms with Crippen molar-refractivity contribution >= 4 is 46.0 Å². The number of amides is 1. The average molecular weight is 626 g/mol. The number of benzene rings is 1. The molecule has 0 aromatic heterocycles. The van der Waals surface area contributed by atoms with E-state index in [9.17, 15) is 39.6 Å². The Morgan fingerprint density at radius 1 is 1.19 bits per heavy atom. The zero-order valence-electron chi connectivity index (χ0n) is 20.5. The largest absolute Gasteiger partial charge is 0.510 e. The van der Waals surface area contributed by atoms with Gasteiger partial charge in [-0.2, -0.15) is 0 Å². The summed E-state index contributed by atoms with van der Waals surface area (Å²) in [5.41, 5.74) is 1.42. The molecule has 1 amide bonds. The molecule has 0 saturated carbocycles. The van der Waals surface area contributed by atoms with E-state index in [-0.39, 0.29) is 17.7 Å². The number of hydrogen-bond acceptors (Lipinski definition) is 10. The van der Waals surface area contributed by atoms with Crippen LogP contribution in [0.5, 0.6) is 5.75 Å². The molecule has 0 heterocycles. The van der Waals surface area contributed by atoms with E-state index in [0.29, 0.717) is 9.13 Å². The van der Waals surface area contributed by atoms with E-state index < -0.39 is 81.6 Å². The quantitative estimate of drug-likeness (QED) is 0.185. The fraction of sp³-hybridized carbons (Fsp3) is 0.440. The molecule has 12 heteroatoms. The number of aliphatic hydroxyl groups is 3. The van der Waals surface area contributed by atoms with Crippen molar-refractivity contribution in [3.05, 3.63) is 49.5 Å². The highest BCUT2D eigenvalue weighted by Gasteiger charge is 2.68. The number of ketones is 2. The van der Waals surface area contributed by atoms with Gasteiger partial charge in [-0.05, 0) is 60.3 Å². The number of rotatable bonds is 4. The minimum Gasteiger partial charge on any atom is -0.510 e. The molecule has 37 heavy (non-hydrogen) atoms. The molecular formula is C25H27IN2O9. The number of phenolic OH excluding ortho intramolecular Hbond substituents is 1. The van der Waals surface area contributed by atoms with Gasteiger partial charge in [0.1, 0.15) is 28.9 Å². The molecule has 4 rings (SSSR count). The van der Waals surface area contributed by atoms with Gasteiger partial charge in [0, 0.05) is 21.5 Å². The molecule has 0 unspecified atom stereocenters. The second kappa shape index (κ2) is 9.10. The first-order chi connectivity index (χ1) is 17.2. The van der Waals surface area contributed by atoms with Crippen LogP contribution in [-0.4, -0.2) is 80.6 Å². The molecule has 0 aliphatic heterocycles. The van der Waals surface area contributed by atoms with Crippen LogP contribution in [-0.2, 0) is 19.1 Å². The molecule has 11 nitrogen and oxygen atoms in total. The molecule has 0 saturated heterocycles. The fourth-order valence-electron chi connectivity index (χ4n) is 6.00. The van der Waals surface area contributed by atoms with Gasteiger partial charge in [-0.15, -0.1) is 0 Å².